The lowest BCUT2D eigenvalue weighted by atomic mass is 9.89. The maximum absolute atomic E-state index is 12.6. The summed E-state index contributed by atoms with van der Waals surface area (Å²) in [6.07, 6.45) is 8.00. The van der Waals surface area contributed by atoms with Gasteiger partial charge in [0.1, 0.15) is 0 Å². The molecule has 2 heterocycles. The summed E-state index contributed by atoms with van der Waals surface area (Å²) in [6, 6.07) is 9.07. The number of benzene rings is 1. The van der Waals surface area contributed by atoms with Gasteiger partial charge >= 0.3 is 0 Å². The molecule has 1 aromatic carbocycles. The standard InChI is InChI=1S/C22H32N4O/c1-26-10-8-17(9-11-26)16-4-2-15(3-5-16)12-20(14-23)25-22(27)21-18-6-7-19(13-18)24-21/h2-5,14,17-21,23-24H,6-13H2,1H3,(H,25,27)/t18-,19+,20-,21-/m0/s1. The summed E-state index contributed by atoms with van der Waals surface area (Å²) in [5.41, 5.74) is 2.61. The van der Waals surface area contributed by atoms with Crippen molar-refractivity contribution in [1.29, 1.82) is 5.41 Å². The Kier molecular flexibility index (Phi) is 5.60. The molecule has 27 heavy (non-hydrogen) atoms. The Bertz CT molecular complexity index is 665. The molecule has 4 rings (SSSR count). The van der Waals surface area contributed by atoms with Crippen LogP contribution in [0.1, 0.15) is 49.1 Å². The summed E-state index contributed by atoms with van der Waals surface area (Å²) < 4.78 is 0. The fraction of sp³-hybridized carbons (Fsp3) is 0.636. The monoisotopic (exact) mass is 368 g/mol. The van der Waals surface area contributed by atoms with Crippen LogP contribution in [0.5, 0.6) is 0 Å². The highest BCUT2D eigenvalue weighted by Gasteiger charge is 2.42. The van der Waals surface area contributed by atoms with E-state index in [1.54, 1.807) is 0 Å². The van der Waals surface area contributed by atoms with Gasteiger partial charge < -0.3 is 20.9 Å². The van der Waals surface area contributed by atoms with Gasteiger partial charge in [-0.15, -0.1) is 0 Å². The Morgan fingerprint density at radius 2 is 2.00 bits per heavy atom. The molecular formula is C22H32N4O. The van der Waals surface area contributed by atoms with E-state index in [1.807, 2.05) is 0 Å². The maximum Gasteiger partial charge on any atom is 0.237 e. The van der Waals surface area contributed by atoms with Crippen molar-refractivity contribution in [3.05, 3.63) is 35.4 Å². The van der Waals surface area contributed by atoms with E-state index in [2.05, 4.69) is 46.8 Å². The maximum atomic E-state index is 12.6. The number of fused-ring (bicyclic) bond motifs is 2. The van der Waals surface area contributed by atoms with E-state index in [1.165, 1.54) is 49.7 Å². The van der Waals surface area contributed by atoms with Crippen LogP contribution in [-0.4, -0.2) is 55.3 Å². The highest BCUT2D eigenvalue weighted by molar-refractivity contribution is 5.85. The highest BCUT2D eigenvalue weighted by Crippen LogP contribution is 2.35. The molecule has 0 spiro atoms. The quantitative estimate of drug-likeness (QED) is 0.675. The predicted molar refractivity (Wildman–Crippen MR) is 108 cm³/mol. The van der Waals surface area contributed by atoms with Crippen molar-refractivity contribution in [3.63, 3.8) is 0 Å². The molecule has 5 heteroatoms. The van der Waals surface area contributed by atoms with Crippen molar-refractivity contribution in [2.45, 2.75) is 62.6 Å². The Balaban J connectivity index is 1.31. The normalized spacial score (nSPS) is 29.6. The van der Waals surface area contributed by atoms with Crippen molar-refractivity contribution >= 4 is 12.1 Å². The molecule has 4 atom stereocenters. The Morgan fingerprint density at radius 3 is 2.59 bits per heavy atom. The van der Waals surface area contributed by atoms with Crippen molar-refractivity contribution in [2.24, 2.45) is 5.92 Å². The molecule has 2 bridgehead atoms. The molecule has 1 aliphatic carbocycles. The Labute approximate surface area is 162 Å². The second-order valence-electron chi connectivity index (χ2n) is 8.72. The minimum Gasteiger partial charge on any atom is -0.347 e. The van der Waals surface area contributed by atoms with Crippen molar-refractivity contribution < 1.29 is 4.79 Å². The molecule has 1 saturated carbocycles. The van der Waals surface area contributed by atoms with E-state index in [9.17, 15) is 4.79 Å². The van der Waals surface area contributed by atoms with E-state index in [4.69, 9.17) is 5.41 Å². The lowest BCUT2D eigenvalue weighted by Gasteiger charge is -2.29. The first kappa shape index (κ1) is 18.6. The number of hydrogen-bond donors (Lipinski definition) is 3. The number of carbonyl (C=O) groups is 1. The van der Waals surface area contributed by atoms with Crippen molar-refractivity contribution in [2.75, 3.05) is 20.1 Å². The van der Waals surface area contributed by atoms with E-state index < -0.39 is 0 Å². The first-order valence-corrected chi connectivity index (χ1v) is 10.5. The number of nitrogens with one attached hydrogen (secondary N) is 3. The third kappa shape index (κ3) is 4.25. The Hall–Kier alpha value is -1.72. The zero-order chi connectivity index (χ0) is 18.8. The van der Waals surface area contributed by atoms with E-state index in [0.29, 0.717) is 24.3 Å². The molecule has 0 aromatic heterocycles. The van der Waals surface area contributed by atoms with Crippen LogP contribution in [0.15, 0.2) is 24.3 Å². The minimum absolute atomic E-state index is 0.0574. The number of carbonyl (C=O) groups excluding carboxylic acids is 1. The van der Waals surface area contributed by atoms with Crippen LogP contribution in [0, 0.1) is 11.3 Å². The first-order chi connectivity index (χ1) is 13.1. The van der Waals surface area contributed by atoms with Gasteiger partial charge in [0.05, 0.1) is 12.1 Å². The molecule has 0 radical (unpaired) electrons. The zero-order valence-electron chi connectivity index (χ0n) is 16.3. The third-order valence-corrected chi connectivity index (χ3v) is 6.80. The SMILES string of the molecule is CN1CCC(c2ccc(C[C@@H](C=N)NC(=O)[C@H]3N[C@@H]4CC[C@H]3C4)cc2)CC1. The van der Waals surface area contributed by atoms with Gasteiger partial charge in [-0.05, 0) is 81.6 Å². The first-order valence-electron chi connectivity index (χ1n) is 10.5. The van der Waals surface area contributed by atoms with Crippen molar-refractivity contribution in [1.82, 2.24) is 15.5 Å². The molecule has 3 N–H and O–H groups in total. The average molecular weight is 369 g/mol. The molecule has 5 nitrogen and oxygen atoms in total. The van der Waals surface area contributed by atoms with Gasteiger partial charge in [-0.3, -0.25) is 4.79 Å². The molecular weight excluding hydrogens is 336 g/mol. The van der Waals surface area contributed by atoms with E-state index in [0.717, 1.165) is 12.8 Å². The van der Waals surface area contributed by atoms with E-state index in [-0.39, 0.29) is 18.0 Å². The van der Waals surface area contributed by atoms with Crippen LogP contribution >= 0.6 is 0 Å². The van der Waals surface area contributed by atoms with Crippen LogP contribution in [0.2, 0.25) is 0 Å². The lowest BCUT2D eigenvalue weighted by molar-refractivity contribution is -0.124. The van der Waals surface area contributed by atoms with Gasteiger partial charge in [0.25, 0.3) is 0 Å². The zero-order valence-corrected chi connectivity index (χ0v) is 16.3. The lowest BCUT2D eigenvalue weighted by Crippen LogP contribution is -2.51. The molecule has 146 valence electrons. The number of hydrogen-bond acceptors (Lipinski definition) is 4. The summed E-state index contributed by atoms with van der Waals surface area (Å²) >= 11 is 0. The summed E-state index contributed by atoms with van der Waals surface area (Å²) in [5.74, 6) is 1.21. The molecule has 3 aliphatic rings. The fourth-order valence-corrected chi connectivity index (χ4v) is 5.10. The molecule has 1 aromatic rings. The van der Waals surface area contributed by atoms with Gasteiger partial charge in [-0.25, -0.2) is 0 Å². The average Bonchev–Trinajstić information content (AvgIpc) is 3.32. The van der Waals surface area contributed by atoms with Crippen LogP contribution in [0.4, 0.5) is 0 Å². The van der Waals surface area contributed by atoms with Gasteiger partial charge in [0.15, 0.2) is 0 Å². The fourth-order valence-electron chi connectivity index (χ4n) is 5.10. The third-order valence-electron chi connectivity index (χ3n) is 6.80. The van der Waals surface area contributed by atoms with Gasteiger partial charge in [0, 0.05) is 12.3 Å². The summed E-state index contributed by atoms with van der Waals surface area (Å²) in [7, 11) is 2.19. The largest absolute Gasteiger partial charge is 0.347 e. The number of nitrogens with zero attached hydrogens (tertiary/aromatic N) is 1. The van der Waals surface area contributed by atoms with Crippen molar-refractivity contribution in [3.8, 4) is 0 Å². The topological polar surface area (TPSA) is 68.2 Å². The van der Waals surface area contributed by atoms with Gasteiger partial charge in [-0.1, -0.05) is 24.3 Å². The summed E-state index contributed by atoms with van der Waals surface area (Å²) in [5, 5.41) is 14.2. The molecule has 0 unspecified atom stereocenters. The minimum atomic E-state index is -0.229. The smallest absolute Gasteiger partial charge is 0.237 e. The number of piperidine rings is 2. The van der Waals surface area contributed by atoms with Crippen LogP contribution in [-0.2, 0) is 11.2 Å². The van der Waals surface area contributed by atoms with E-state index >= 15 is 0 Å². The van der Waals surface area contributed by atoms with Crippen LogP contribution < -0.4 is 10.6 Å². The summed E-state index contributed by atoms with van der Waals surface area (Å²) in [4.78, 5) is 15.0. The number of amides is 1. The number of likely N-dealkylation sites (tertiary alicyclic amines) is 1. The highest BCUT2D eigenvalue weighted by atomic mass is 16.2. The Morgan fingerprint density at radius 1 is 1.26 bits per heavy atom. The molecule has 2 aliphatic heterocycles. The summed E-state index contributed by atoms with van der Waals surface area (Å²) in [6.45, 7) is 2.34. The van der Waals surface area contributed by atoms with Gasteiger partial charge in [-0.2, -0.15) is 0 Å². The van der Waals surface area contributed by atoms with Crippen LogP contribution in [0.25, 0.3) is 0 Å². The van der Waals surface area contributed by atoms with Crippen LogP contribution in [0.3, 0.4) is 0 Å². The molecule has 1 amide bonds. The number of rotatable bonds is 6. The molecule has 2 saturated heterocycles. The molecule has 3 fully saturated rings. The predicted octanol–water partition coefficient (Wildman–Crippen LogP) is 2.31. The second kappa shape index (κ2) is 8.11. The second-order valence-corrected chi connectivity index (χ2v) is 8.72. The van der Waals surface area contributed by atoms with Gasteiger partial charge in [0.2, 0.25) is 5.91 Å².